The maximum atomic E-state index is 15.7. The van der Waals surface area contributed by atoms with Crippen molar-refractivity contribution < 1.29 is 18.6 Å². The molecule has 4 aromatic rings. The second kappa shape index (κ2) is 9.25. The van der Waals surface area contributed by atoms with Gasteiger partial charge in [0, 0.05) is 0 Å². The fourth-order valence-electron chi connectivity index (χ4n) is 3.66. The number of hydrogen-bond donors (Lipinski definition) is 1. The van der Waals surface area contributed by atoms with Crippen LogP contribution in [-0.2, 0) is 27.4 Å². The molecule has 8 nitrogen and oxygen atoms in total. The zero-order valence-electron chi connectivity index (χ0n) is 17.7. The third-order valence-corrected chi connectivity index (χ3v) is 5.29. The molecule has 0 saturated heterocycles. The smallest absolute Gasteiger partial charge is 0.203 e. The molecule has 0 saturated carbocycles. The van der Waals surface area contributed by atoms with Gasteiger partial charge >= 0.3 is 0 Å². The molecule has 0 bridgehead atoms. The highest BCUT2D eigenvalue weighted by atomic mass is 19.1. The number of ether oxygens (including phenoxy) is 3. The molecule has 1 aliphatic heterocycles. The van der Waals surface area contributed by atoms with E-state index < -0.39 is 12.3 Å². The molecule has 2 aromatic heterocycles. The summed E-state index contributed by atoms with van der Waals surface area (Å²) in [4.78, 5) is 8.14. The summed E-state index contributed by atoms with van der Waals surface area (Å²) in [5.74, 6) is 0.606. The van der Waals surface area contributed by atoms with Crippen LogP contribution in [0, 0.1) is 0 Å². The number of hydrogen-bond acceptors (Lipinski definition) is 7. The number of benzene rings is 2. The first-order valence-electron chi connectivity index (χ1n) is 10.5. The van der Waals surface area contributed by atoms with Gasteiger partial charge in [-0.1, -0.05) is 60.7 Å². The maximum Gasteiger partial charge on any atom is 0.203 e. The first-order chi connectivity index (χ1) is 16.2. The van der Waals surface area contributed by atoms with Crippen LogP contribution in [0.3, 0.4) is 0 Å². The number of halogens is 1. The van der Waals surface area contributed by atoms with E-state index in [1.54, 1.807) is 0 Å². The number of nitrogens with zero attached hydrogens (tertiary/aromatic N) is 4. The Bertz CT molecular complexity index is 1260. The average molecular weight is 447 g/mol. The van der Waals surface area contributed by atoms with Crippen molar-refractivity contribution in [2.45, 2.75) is 25.5 Å². The largest absolute Gasteiger partial charge is 0.486 e. The van der Waals surface area contributed by atoms with Crippen molar-refractivity contribution >= 4 is 11.5 Å². The van der Waals surface area contributed by atoms with Crippen LogP contribution in [0.5, 0.6) is 0 Å². The highest BCUT2D eigenvalue weighted by Crippen LogP contribution is 2.39. The SMILES string of the molecule is Nc1ncnn2c([C@@H]3OC(COCc4ccccc4)=C(OCc4ccccc4)[C@H]3F)cnc12. The number of rotatable bonds is 8. The maximum absolute atomic E-state index is 15.7. The van der Waals surface area contributed by atoms with Crippen molar-refractivity contribution in [3.8, 4) is 0 Å². The molecule has 9 heteroatoms. The van der Waals surface area contributed by atoms with Crippen LogP contribution in [-0.4, -0.2) is 32.4 Å². The fraction of sp³-hybridized carbons (Fsp3) is 0.208. The van der Waals surface area contributed by atoms with E-state index in [2.05, 4.69) is 15.1 Å². The Hall–Kier alpha value is -3.98. The van der Waals surface area contributed by atoms with E-state index in [1.807, 2.05) is 60.7 Å². The molecule has 0 spiro atoms. The van der Waals surface area contributed by atoms with E-state index in [-0.39, 0.29) is 24.8 Å². The van der Waals surface area contributed by atoms with E-state index in [0.29, 0.717) is 23.7 Å². The van der Waals surface area contributed by atoms with Gasteiger partial charge in [0.15, 0.2) is 29.1 Å². The van der Waals surface area contributed by atoms with Crippen molar-refractivity contribution in [1.82, 2.24) is 19.6 Å². The lowest BCUT2D eigenvalue weighted by molar-refractivity contribution is 0.0456. The van der Waals surface area contributed by atoms with E-state index in [9.17, 15) is 0 Å². The minimum absolute atomic E-state index is 0.0593. The normalized spacial score (nSPS) is 18.0. The van der Waals surface area contributed by atoms with E-state index in [0.717, 1.165) is 11.1 Å². The number of aromatic nitrogens is 4. The van der Waals surface area contributed by atoms with Gasteiger partial charge in [0.1, 0.15) is 25.2 Å². The van der Waals surface area contributed by atoms with Gasteiger partial charge < -0.3 is 19.9 Å². The topological polar surface area (TPSA) is 96.8 Å². The van der Waals surface area contributed by atoms with E-state index >= 15 is 4.39 Å². The summed E-state index contributed by atoms with van der Waals surface area (Å²) < 4.78 is 34.8. The lowest BCUT2D eigenvalue weighted by Crippen LogP contribution is -2.16. The summed E-state index contributed by atoms with van der Waals surface area (Å²) in [5.41, 5.74) is 8.53. The summed E-state index contributed by atoms with van der Waals surface area (Å²) in [6.45, 7) is 0.627. The van der Waals surface area contributed by atoms with Crippen molar-refractivity contribution in [3.05, 3.63) is 102 Å². The first kappa shape index (κ1) is 20.9. The molecular formula is C24H22FN5O3. The van der Waals surface area contributed by atoms with Crippen LogP contribution in [0.2, 0.25) is 0 Å². The second-order valence-corrected chi connectivity index (χ2v) is 7.54. The summed E-state index contributed by atoms with van der Waals surface area (Å²) in [7, 11) is 0. The van der Waals surface area contributed by atoms with Crippen molar-refractivity contribution in [2.24, 2.45) is 0 Å². The minimum atomic E-state index is -1.57. The summed E-state index contributed by atoms with van der Waals surface area (Å²) in [5, 5.41) is 4.15. The Morgan fingerprint density at radius 1 is 0.939 bits per heavy atom. The predicted molar refractivity (Wildman–Crippen MR) is 118 cm³/mol. The van der Waals surface area contributed by atoms with Gasteiger partial charge in [-0.15, -0.1) is 0 Å². The molecule has 0 fully saturated rings. The lowest BCUT2D eigenvalue weighted by atomic mass is 10.1. The Kier molecular flexibility index (Phi) is 5.86. The highest BCUT2D eigenvalue weighted by molar-refractivity contribution is 5.59. The molecule has 33 heavy (non-hydrogen) atoms. The Balaban J connectivity index is 1.38. The third-order valence-electron chi connectivity index (χ3n) is 5.29. The predicted octanol–water partition coefficient (Wildman–Crippen LogP) is 3.76. The number of imidazole rings is 1. The molecule has 2 aromatic carbocycles. The Labute approximate surface area is 189 Å². The van der Waals surface area contributed by atoms with Crippen LogP contribution in [0.1, 0.15) is 22.9 Å². The van der Waals surface area contributed by atoms with Crippen LogP contribution in [0.25, 0.3) is 5.65 Å². The lowest BCUT2D eigenvalue weighted by Gasteiger charge is -2.14. The number of alkyl halides is 1. The highest BCUT2D eigenvalue weighted by Gasteiger charge is 2.42. The monoisotopic (exact) mass is 447 g/mol. The molecule has 2 atom stereocenters. The quantitative estimate of drug-likeness (QED) is 0.439. The molecule has 168 valence electrons. The van der Waals surface area contributed by atoms with Crippen molar-refractivity contribution in [3.63, 3.8) is 0 Å². The van der Waals surface area contributed by atoms with Gasteiger partial charge in [-0.3, -0.25) is 0 Å². The Morgan fingerprint density at radius 3 is 2.36 bits per heavy atom. The number of nitrogen functional groups attached to an aromatic ring is 1. The summed E-state index contributed by atoms with van der Waals surface area (Å²) in [6.07, 6.45) is 0.204. The standard InChI is InChI=1S/C24H22FN5O3/c25-20-21(18-11-27-24-23(26)28-15-29-30(18)24)33-19(14-31-12-16-7-3-1-4-8-16)22(20)32-13-17-9-5-2-6-10-17/h1-11,15,20-21H,12-14H2,(H2,26,28,29)/t20-,21-/m0/s1. The third kappa shape index (κ3) is 4.35. The first-order valence-corrected chi connectivity index (χ1v) is 10.5. The minimum Gasteiger partial charge on any atom is -0.486 e. The van der Waals surface area contributed by atoms with Gasteiger partial charge in [0.2, 0.25) is 6.17 Å². The second-order valence-electron chi connectivity index (χ2n) is 7.54. The van der Waals surface area contributed by atoms with E-state index in [4.69, 9.17) is 19.9 Å². The molecular weight excluding hydrogens is 425 g/mol. The molecule has 0 amide bonds. The molecule has 5 rings (SSSR count). The van der Waals surface area contributed by atoms with Crippen LogP contribution < -0.4 is 5.73 Å². The number of nitrogens with two attached hydrogens (primary N) is 1. The zero-order chi connectivity index (χ0) is 22.6. The van der Waals surface area contributed by atoms with Gasteiger partial charge in [-0.25, -0.2) is 18.9 Å². The summed E-state index contributed by atoms with van der Waals surface area (Å²) >= 11 is 0. The van der Waals surface area contributed by atoms with Gasteiger partial charge in [0.05, 0.1) is 12.8 Å². The molecule has 2 N–H and O–H groups in total. The van der Waals surface area contributed by atoms with Crippen LogP contribution in [0.15, 0.2) is 84.7 Å². The van der Waals surface area contributed by atoms with Crippen LogP contribution in [0.4, 0.5) is 10.2 Å². The van der Waals surface area contributed by atoms with Gasteiger partial charge in [-0.05, 0) is 11.1 Å². The van der Waals surface area contributed by atoms with Crippen molar-refractivity contribution in [2.75, 3.05) is 12.3 Å². The number of fused-ring (bicyclic) bond motifs is 1. The van der Waals surface area contributed by atoms with Crippen LogP contribution >= 0.6 is 0 Å². The Morgan fingerprint density at radius 2 is 1.64 bits per heavy atom. The van der Waals surface area contributed by atoms with Gasteiger partial charge in [0.25, 0.3) is 0 Å². The van der Waals surface area contributed by atoms with Crippen molar-refractivity contribution in [1.29, 1.82) is 0 Å². The zero-order valence-corrected chi connectivity index (χ0v) is 17.7. The molecule has 0 unspecified atom stereocenters. The molecule has 0 radical (unpaired) electrons. The molecule has 3 heterocycles. The molecule has 1 aliphatic rings. The fourth-order valence-corrected chi connectivity index (χ4v) is 3.66. The van der Waals surface area contributed by atoms with Gasteiger partial charge in [-0.2, -0.15) is 5.10 Å². The average Bonchev–Trinajstić information content (AvgIpc) is 3.41. The number of anilines is 1. The molecule has 0 aliphatic carbocycles. The van der Waals surface area contributed by atoms with E-state index in [1.165, 1.54) is 17.0 Å². The summed E-state index contributed by atoms with van der Waals surface area (Å²) in [6, 6.07) is 19.3.